The van der Waals surface area contributed by atoms with Gasteiger partial charge in [-0.05, 0) is 64.1 Å². The number of hydrogen-bond donors (Lipinski definition) is 2. The SMILES string of the molecule is CC(=O)Nc1ccc(-c2cnc(-c3ccc(N(C)CC(C)OC=O)cc3)s2)c(S(=O)(=O)NC(C)(C)C)c1. The molecule has 2 N–H and O–H groups in total. The molecule has 198 valence electrons. The summed E-state index contributed by atoms with van der Waals surface area (Å²) in [5.41, 5.74) is 2.04. The maximum absolute atomic E-state index is 13.3. The molecular weight excluding hydrogens is 512 g/mol. The number of amides is 1. The summed E-state index contributed by atoms with van der Waals surface area (Å²) in [5.74, 6) is -0.292. The van der Waals surface area contributed by atoms with E-state index in [2.05, 4.69) is 15.0 Å². The van der Waals surface area contributed by atoms with E-state index in [1.165, 1.54) is 24.3 Å². The molecule has 1 heterocycles. The molecule has 2 aromatic carbocycles. The van der Waals surface area contributed by atoms with Crippen LogP contribution >= 0.6 is 11.3 Å². The molecule has 1 atom stereocenters. The molecule has 0 bridgehead atoms. The van der Waals surface area contributed by atoms with Crippen molar-refractivity contribution in [3.63, 3.8) is 0 Å². The summed E-state index contributed by atoms with van der Waals surface area (Å²) in [6, 6.07) is 12.6. The van der Waals surface area contributed by atoms with Crippen LogP contribution in [0.15, 0.2) is 53.6 Å². The van der Waals surface area contributed by atoms with Crippen LogP contribution in [-0.4, -0.2) is 51.0 Å². The molecule has 0 aliphatic heterocycles. The van der Waals surface area contributed by atoms with E-state index in [-0.39, 0.29) is 16.9 Å². The minimum atomic E-state index is -3.90. The number of hydrogen-bond acceptors (Lipinski definition) is 8. The number of ether oxygens (including phenoxy) is 1. The number of thiazole rings is 1. The number of sulfonamides is 1. The number of aromatic nitrogens is 1. The Labute approximate surface area is 221 Å². The van der Waals surface area contributed by atoms with Gasteiger partial charge in [-0.3, -0.25) is 9.59 Å². The lowest BCUT2D eigenvalue weighted by Crippen LogP contribution is -2.40. The van der Waals surface area contributed by atoms with Crippen LogP contribution in [0.2, 0.25) is 0 Å². The molecule has 3 aromatic rings. The molecule has 1 amide bonds. The number of nitrogens with one attached hydrogen (secondary N) is 2. The summed E-state index contributed by atoms with van der Waals surface area (Å²) in [7, 11) is -1.98. The highest BCUT2D eigenvalue weighted by Crippen LogP contribution is 2.37. The Morgan fingerprint density at radius 2 is 1.86 bits per heavy atom. The van der Waals surface area contributed by atoms with Gasteiger partial charge in [0.05, 0.1) is 16.3 Å². The third kappa shape index (κ3) is 7.61. The van der Waals surface area contributed by atoms with E-state index < -0.39 is 15.6 Å². The fourth-order valence-electron chi connectivity index (χ4n) is 3.71. The average molecular weight is 545 g/mol. The van der Waals surface area contributed by atoms with Crippen LogP contribution in [-0.2, 0) is 24.3 Å². The molecule has 1 unspecified atom stereocenters. The van der Waals surface area contributed by atoms with Gasteiger partial charge in [0, 0.05) is 48.2 Å². The Kier molecular flexibility index (Phi) is 8.72. The number of carbonyl (C=O) groups is 2. The Morgan fingerprint density at radius 1 is 1.19 bits per heavy atom. The normalized spacial score (nSPS) is 12.6. The summed E-state index contributed by atoms with van der Waals surface area (Å²) in [6.07, 6.45) is 1.42. The highest BCUT2D eigenvalue weighted by molar-refractivity contribution is 7.89. The number of likely N-dealkylation sites (N-methyl/N-ethyl adjacent to an activating group) is 1. The van der Waals surface area contributed by atoms with Crippen molar-refractivity contribution in [3.8, 4) is 21.0 Å². The van der Waals surface area contributed by atoms with Crippen LogP contribution in [0, 0.1) is 0 Å². The molecule has 0 radical (unpaired) electrons. The molecule has 0 spiro atoms. The molecule has 0 saturated carbocycles. The van der Waals surface area contributed by atoms with Gasteiger partial charge < -0.3 is 15.0 Å². The minimum Gasteiger partial charge on any atom is -0.463 e. The van der Waals surface area contributed by atoms with Gasteiger partial charge in [-0.2, -0.15) is 0 Å². The third-order valence-corrected chi connectivity index (χ3v) is 8.05. The van der Waals surface area contributed by atoms with Crippen LogP contribution in [0.1, 0.15) is 34.6 Å². The van der Waals surface area contributed by atoms with Gasteiger partial charge >= 0.3 is 0 Å². The highest BCUT2D eigenvalue weighted by Gasteiger charge is 2.26. The molecule has 9 nitrogen and oxygen atoms in total. The maximum Gasteiger partial charge on any atom is 0.293 e. The van der Waals surface area contributed by atoms with Gasteiger partial charge in [-0.15, -0.1) is 11.3 Å². The zero-order valence-corrected chi connectivity index (χ0v) is 23.4. The molecule has 0 aliphatic carbocycles. The van der Waals surface area contributed by atoms with Gasteiger partial charge in [0.1, 0.15) is 11.1 Å². The maximum atomic E-state index is 13.3. The minimum absolute atomic E-state index is 0.0625. The van der Waals surface area contributed by atoms with E-state index in [4.69, 9.17) is 4.74 Å². The zero-order chi connectivity index (χ0) is 27.4. The number of nitrogens with zero attached hydrogens (tertiary/aromatic N) is 2. The molecule has 37 heavy (non-hydrogen) atoms. The number of carbonyl (C=O) groups excluding carboxylic acids is 2. The molecule has 0 aliphatic rings. The summed E-state index contributed by atoms with van der Waals surface area (Å²) in [6.45, 7) is 9.49. The van der Waals surface area contributed by atoms with Crippen LogP contribution < -0.4 is 14.9 Å². The number of anilines is 2. The van der Waals surface area contributed by atoms with E-state index in [0.717, 1.165) is 16.3 Å². The topological polar surface area (TPSA) is 118 Å². The third-order valence-electron chi connectivity index (χ3n) is 5.18. The molecule has 1 aromatic heterocycles. The predicted octanol–water partition coefficient (Wildman–Crippen LogP) is 4.51. The second-order valence-corrected chi connectivity index (χ2v) is 12.4. The summed E-state index contributed by atoms with van der Waals surface area (Å²) >= 11 is 1.38. The molecule has 0 fully saturated rings. The fraction of sp³-hybridized carbons (Fsp3) is 0.346. The average Bonchev–Trinajstić information content (AvgIpc) is 3.27. The van der Waals surface area contributed by atoms with Gasteiger partial charge in [-0.25, -0.2) is 18.1 Å². The van der Waals surface area contributed by atoms with Gasteiger partial charge in [0.15, 0.2) is 0 Å². The van der Waals surface area contributed by atoms with Crippen molar-refractivity contribution in [2.45, 2.75) is 51.2 Å². The van der Waals surface area contributed by atoms with Crippen molar-refractivity contribution in [2.75, 3.05) is 23.8 Å². The zero-order valence-electron chi connectivity index (χ0n) is 21.7. The lowest BCUT2D eigenvalue weighted by molar-refractivity contribution is -0.132. The van der Waals surface area contributed by atoms with E-state index in [1.807, 2.05) is 43.1 Å². The Morgan fingerprint density at radius 3 is 2.46 bits per heavy atom. The molecular formula is C26H32N4O5S2. The summed E-state index contributed by atoms with van der Waals surface area (Å²) in [4.78, 5) is 29.4. The molecule has 11 heteroatoms. The first kappa shape index (κ1) is 28.3. The molecule has 0 saturated heterocycles. The van der Waals surface area contributed by atoms with Crippen LogP contribution in [0.25, 0.3) is 21.0 Å². The predicted molar refractivity (Wildman–Crippen MR) is 147 cm³/mol. The summed E-state index contributed by atoms with van der Waals surface area (Å²) in [5, 5.41) is 3.39. The first-order chi connectivity index (χ1) is 17.3. The van der Waals surface area contributed by atoms with Crippen LogP contribution in [0.3, 0.4) is 0 Å². The van der Waals surface area contributed by atoms with E-state index in [9.17, 15) is 18.0 Å². The Balaban J connectivity index is 1.93. The highest BCUT2D eigenvalue weighted by atomic mass is 32.2. The van der Waals surface area contributed by atoms with Crippen molar-refractivity contribution in [3.05, 3.63) is 48.7 Å². The first-order valence-corrected chi connectivity index (χ1v) is 13.9. The second-order valence-electron chi connectivity index (χ2n) is 9.75. The van der Waals surface area contributed by atoms with Crippen molar-refractivity contribution in [1.82, 2.24) is 9.71 Å². The number of rotatable bonds is 10. The van der Waals surface area contributed by atoms with E-state index in [0.29, 0.717) is 29.1 Å². The quantitative estimate of drug-likeness (QED) is 0.361. The second kappa shape index (κ2) is 11.4. The lowest BCUT2D eigenvalue weighted by atomic mass is 10.1. The van der Waals surface area contributed by atoms with Crippen molar-refractivity contribution in [1.29, 1.82) is 0 Å². The largest absolute Gasteiger partial charge is 0.463 e. The fourth-order valence-corrected chi connectivity index (χ4v) is 6.40. The lowest BCUT2D eigenvalue weighted by Gasteiger charge is -2.22. The van der Waals surface area contributed by atoms with Gasteiger partial charge in [0.2, 0.25) is 15.9 Å². The number of benzene rings is 2. The van der Waals surface area contributed by atoms with Crippen LogP contribution in [0.5, 0.6) is 0 Å². The van der Waals surface area contributed by atoms with Gasteiger partial charge in [-0.1, -0.05) is 6.07 Å². The van der Waals surface area contributed by atoms with Gasteiger partial charge in [0.25, 0.3) is 6.47 Å². The summed E-state index contributed by atoms with van der Waals surface area (Å²) < 4.78 is 34.3. The first-order valence-electron chi connectivity index (χ1n) is 11.6. The smallest absolute Gasteiger partial charge is 0.293 e. The Hall–Kier alpha value is -3.28. The Bertz CT molecular complexity index is 1360. The van der Waals surface area contributed by atoms with E-state index >= 15 is 0 Å². The van der Waals surface area contributed by atoms with Crippen LogP contribution in [0.4, 0.5) is 11.4 Å². The molecule has 3 rings (SSSR count). The monoisotopic (exact) mass is 544 g/mol. The van der Waals surface area contributed by atoms with Crippen molar-refractivity contribution < 1.29 is 22.7 Å². The van der Waals surface area contributed by atoms with E-state index in [1.54, 1.807) is 39.1 Å². The van der Waals surface area contributed by atoms with Crippen molar-refractivity contribution >= 4 is 45.1 Å². The van der Waals surface area contributed by atoms with Crippen molar-refractivity contribution in [2.24, 2.45) is 0 Å². The standard InChI is InChI=1S/C26H32N4O5S2/c1-17(35-16-31)15-30(6)21-10-7-19(8-11-21)25-27-14-23(36-25)22-12-9-20(28-18(2)32)13-24(22)37(33,34)29-26(3,4)5/h7-14,16-17,29H,15H2,1-6H3,(H,28,32).